The summed E-state index contributed by atoms with van der Waals surface area (Å²) in [6.45, 7) is -0.137. The maximum absolute atomic E-state index is 14.7. The van der Waals surface area contributed by atoms with Gasteiger partial charge in [-0.1, -0.05) is 42.5 Å². The Morgan fingerprint density at radius 1 is 0.606 bits per heavy atom. The molecule has 0 saturated carbocycles. The first-order valence-electron chi connectivity index (χ1n) is 10.2. The van der Waals surface area contributed by atoms with Gasteiger partial charge in [0.1, 0.15) is 18.1 Å². The Kier molecular flexibility index (Phi) is 6.54. The predicted octanol–water partition coefficient (Wildman–Crippen LogP) is 7.03. The average Bonchev–Trinajstić information content (AvgIpc) is 2.85. The van der Waals surface area contributed by atoms with Crippen molar-refractivity contribution in [3.63, 3.8) is 0 Å². The Labute approximate surface area is 190 Å². The van der Waals surface area contributed by atoms with Crippen molar-refractivity contribution in [2.24, 2.45) is 0 Å². The zero-order valence-corrected chi connectivity index (χ0v) is 18.1. The van der Waals surface area contributed by atoms with Gasteiger partial charge >= 0.3 is 0 Å². The molecular formula is C27H21F3O3. The monoisotopic (exact) mass is 450 g/mol. The molecule has 0 aliphatic rings. The van der Waals surface area contributed by atoms with Crippen molar-refractivity contribution >= 4 is 0 Å². The van der Waals surface area contributed by atoms with Crippen molar-refractivity contribution < 1.29 is 27.4 Å². The van der Waals surface area contributed by atoms with Crippen LogP contribution in [-0.2, 0) is 6.61 Å². The quantitative estimate of drug-likeness (QED) is 0.302. The number of benzene rings is 4. The Hall–Kier alpha value is -3.93. The van der Waals surface area contributed by atoms with Gasteiger partial charge in [0.25, 0.3) is 0 Å². The van der Waals surface area contributed by atoms with Gasteiger partial charge in [0, 0.05) is 11.1 Å². The van der Waals surface area contributed by atoms with E-state index in [0.717, 1.165) is 5.56 Å². The summed E-state index contributed by atoms with van der Waals surface area (Å²) in [6.07, 6.45) is 0. The molecular weight excluding hydrogens is 429 g/mol. The third kappa shape index (κ3) is 4.80. The van der Waals surface area contributed by atoms with Gasteiger partial charge in [-0.2, -0.15) is 0 Å². The second kappa shape index (κ2) is 9.69. The van der Waals surface area contributed by atoms with Crippen LogP contribution in [0.5, 0.6) is 17.2 Å². The molecule has 0 bridgehead atoms. The summed E-state index contributed by atoms with van der Waals surface area (Å²) in [4.78, 5) is 0. The molecule has 0 saturated heterocycles. The van der Waals surface area contributed by atoms with E-state index in [2.05, 4.69) is 0 Å². The topological polar surface area (TPSA) is 27.7 Å². The van der Waals surface area contributed by atoms with Gasteiger partial charge in [0.05, 0.1) is 14.2 Å². The van der Waals surface area contributed by atoms with Crippen molar-refractivity contribution in [1.29, 1.82) is 0 Å². The fourth-order valence-corrected chi connectivity index (χ4v) is 3.45. The van der Waals surface area contributed by atoms with Gasteiger partial charge in [-0.05, 0) is 53.1 Å². The van der Waals surface area contributed by atoms with Crippen LogP contribution in [0.25, 0.3) is 22.3 Å². The first-order chi connectivity index (χ1) is 16.0. The Morgan fingerprint density at radius 3 is 1.88 bits per heavy atom. The molecule has 0 atom stereocenters. The Balaban J connectivity index is 1.46. The highest BCUT2D eigenvalue weighted by Crippen LogP contribution is 2.30. The van der Waals surface area contributed by atoms with Crippen LogP contribution in [0.3, 0.4) is 0 Å². The molecule has 0 amide bonds. The van der Waals surface area contributed by atoms with Crippen LogP contribution in [-0.4, -0.2) is 14.2 Å². The maximum Gasteiger partial charge on any atom is 0.167 e. The maximum atomic E-state index is 14.7. The molecule has 33 heavy (non-hydrogen) atoms. The SMILES string of the molecule is COc1ccc(-c2ccc(COc3ccc(-c4ccc(OC)c(F)c4)cc3)c(F)c2F)cc1. The second-order valence-electron chi connectivity index (χ2n) is 7.29. The fourth-order valence-electron chi connectivity index (χ4n) is 3.45. The summed E-state index contributed by atoms with van der Waals surface area (Å²) < 4.78 is 58.9. The van der Waals surface area contributed by atoms with E-state index in [9.17, 15) is 13.2 Å². The van der Waals surface area contributed by atoms with Crippen molar-refractivity contribution in [2.45, 2.75) is 6.61 Å². The number of hydrogen-bond acceptors (Lipinski definition) is 3. The molecule has 0 aliphatic carbocycles. The van der Waals surface area contributed by atoms with Crippen LogP contribution in [0, 0.1) is 17.5 Å². The van der Waals surface area contributed by atoms with Crippen LogP contribution in [0.2, 0.25) is 0 Å². The van der Waals surface area contributed by atoms with E-state index in [4.69, 9.17) is 14.2 Å². The van der Waals surface area contributed by atoms with E-state index in [-0.39, 0.29) is 23.5 Å². The number of methoxy groups -OCH3 is 2. The number of ether oxygens (including phenoxy) is 3. The Bertz CT molecular complexity index is 1250. The normalized spacial score (nSPS) is 10.7. The molecule has 4 rings (SSSR count). The summed E-state index contributed by atoms with van der Waals surface area (Å²) in [6, 6.07) is 21.4. The van der Waals surface area contributed by atoms with Crippen LogP contribution >= 0.6 is 0 Å². The lowest BCUT2D eigenvalue weighted by Gasteiger charge is -2.11. The number of hydrogen-bond donors (Lipinski definition) is 0. The zero-order valence-electron chi connectivity index (χ0n) is 18.1. The van der Waals surface area contributed by atoms with Crippen LogP contribution in [0.15, 0.2) is 78.9 Å². The predicted molar refractivity (Wildman–Crippen MR) is 121 cm³/mol. The molecule has 0 fully saturated rings. The lowest BCUT2D eigenvalue weighted by molar-refractivity contribution is 0.297. The van der Waals surface area contributed by atoms with Crippen LogP contribution in [0.4, 0.5) is 13.2 Å². The van der Waals surface area contributed by atoms with Crippen LogP contribution in [0.1, 0.15) is 5.56 Å². The van der Waals surface area contributed by atoms with Crippen molar-refractivity contribution in [1.82, 2.24) is 0 Å². The van der Waals surface area contributed by atoms with Gasteiger partial charge in [-0.25, -0.2) is 13.2 Å². The minimum atomic E-state index is -0.950. The second-order valence-corrected chi connectivity index (χ2v) is 7.29. The molecule has 0 aliphatic heterocycles. The summed E-state index contributed by atoms with van der Waals surface area (Å²) in [5.41, 5.74) is 2.28. The molecule has 4 aromatic rings. The van der Waals surface area contributed by atoms with E-state index in [1.165, 1.54) is 32.4 Å². The largest absolute Gasteiger partial charge is 0.497 e. The van der Waals surface area contributed by atoms with Gasteiger partial charge in [0.15, 0.2) is 23.2 Å². The Morgan fingerprint density at radius 2 is 1.24 bits per heavy atom. The number of halogens is 3. The van der Waals surface area contributed by atoms with Gasteiger partial charge in [-0.3, -0.25) is 0 Å². The van der Waals surface area contributed by atoms with Gasteiger partial charge in [-0.15, -0.1) is 0 Å². The zero-order chi connectivity index (χ0) is 23.4. The third-order valence-corrected chi connectivity index (χ3v) is 5.30. The summed E-state index contributed by atoms with van der Waals surface area (Å²) in [7, 11) is 2.95. The molecule has 0 aromatic heterocycles. The fraction of sp³-hybridized carbons (Fsp3) is 0.111. The van der Waals surface area contributed by atoms with E-state index < -0.39 is 17.5 Å². The average molecular weight is 450 g/mol. The highest BCUT2D eigenvalue weighted by molar-refractivity contribution is 5.66. The molecule has 4 aromatic carbocycles. The van der Waals surface area contributed by atoms with E-state index in [1.807, 2.05) is 0 Å². The molecule has 3 nitrogen and oxygen atoms in total. The molecule has 0 spiro atoms. The van der Waals surface area contributed by atoms with Gasteiger partial charge in [0.2, 0.25) is 0 Å². The summed E-state index contributed by atoms with van der Waals surface area (Å²) in [5, 5.41) is 0. The first-order valence-corrected chi connectivity index (χ1v) is 10.2. The van der Waals surface area contributed by atoms with Crippen molar-refractivity contribution in [2.75, 3.05) is 14.2 Å². The van der Waals surface area contributed by atoms with E-state index in [0.29, 0.717) is 22.6 Å². The molecule has 0 unspecified atom stereocenters. The standard InChI is InChI=1S/C27H21F3O3/c1-31-21-9-5-18(6-10-21)23-13-7-20(26(29)27(23)30)16-33-22-11-3-17(4-12-22)19-8-14-25(32-2)24(28)15-19/h3-15H,16H2,1-2H3. The van der Waals surface area contributed by atoms with E-state index in [1.54, 1.807) is 60.7 Å². The highest BCUT2D eigenvalue weighted by atomic mass is 19.2. The summed E-state index contributed by atoms with van der Waals surface area (Å²) >= 11 is 0. The molecule has 0 N–H and O–H groups in total. The minimum absolute atomic E-state index is 0.103. The number of rotatable bonds is 7. The smallest absolute Gasteiger partial charge is 0.167 e. The third-order valence-electron chi connectivity index (χ3n) is 5.30. The minimum Gasteiger partial charge on any atom is -0.497 e. The highest BCUT2D eigenvalue weighted by Gasteiger charge is 2.15. The van der Waals surface area contributed by atoms with Crippen molar-refractivity contribution in [3.8, 4) is 39.5 Å². The van der Waals surface area contributed by atoms with Gasteiger partial charge < -0.3 is 14.2 Å². The van der Waals surface area contributed by atoms with E-state index >= 15 is 0 Å². The lowest BCUT2D eigenvalue weighted by Crippen LogP contribution is -2.02. The lowest BCUT2D eigenvalue weighted by atomic mass is 10.0. The molecule has 168 valence electrons. The molecule has 0 heterocycles. The summed E-state index contributed by atoms with van der Waals surface area (Å²) in [5.74, 6) is -1.05. The molecule has 0 radical (unpaired) electrons. The molecule has 6 heteroatoms. The van der Waals surface area contributed by atoms with Crippen molar-refractivity contribution in [3.05, 3.63) is 102 Å². The van der Waals surface area contributed by atoms with Crippen LogP contribution < -0.4 is 14.2 Å². The first kappa shape index (κ1) is 22.3.